The maximum absolute atomic E-state index is 13.3. The van der Waals surface area contributed by atoms with Gasteiger partial charge in [-0.3, -0.25) is 0 Å². The summed E-state index contributed by atoms with van der Waals surface area (Å²) < 4.78 is 23.7. The Balaban J connectivity index is 1.95. The van der Waals surface area contributed by atoms with Gasteiger partial charge in [0.05, 0.1) is 19.3 Å². The summed E-state index contributed by atoms with van der Waals surface area (Å²) in [5, 5.41) is 0. The van der Waals surface area contributed by atoms with Gasteiger partial charge in [0.15, 0.2) is 0 Å². The van der Waals surface area contributed by atoms with Crippen molar-refractivity contribution in [2.75, 3.05) is 13.2 Å². The third-order valence-electron chi connectivity index (χ3n) is 2.28. The Kier molecular flexibility index (Phi) is 2.79. The van der Waals surface area contributed by atoms with Gasteiger partial charge in [-0.2, -0.15) is 0 Å². The lowest BCUT2D eigenvalue weighted by Gasteiger charge is -2.12. The molecule has 14 heavy (non-hydrogen) atoms. The van der Waals surface area contributed by atoms with Gasteiger partial charge in [0, 0.05) is 5.56 Å². The molecular formula is C11H13FO2. The Morgan fingerprint density at radius 3 is 2.93 bits per heavy atom. The maximum Gasteiger partial charge on any atom is 0.128 e. The Morgan fingerprint density at radius 1 is 1.57 bits per heavy atom. The number of rotatable bonds is 4. The summed E-state index contributed by atoms with van der Waals surface area (Å²) >= 11 is 0. The van der Waals surface area contributed by atoms with E-state index in [1.165, 1.54) is 6.07 Å². The van der Waals surface area contributed by atoms with Crippen molar-refractivity contribution in [2.24, 2.45) is 0 Å². The molecule has 0 bridgehead atoms. The number of epoxide rings is 1. The van der Waals surface area contributed by atoms with E-state index in [9.17, 15) is 4.39 Å². The van der Waals surface area contributed by atoms with E-state index in [-0.39, 0.29) is 18.0 Å². The molecule has 3 heteroatoms. The molecular weight excluding hydrogens is 183 g/mol. The molecule has 0 radical (unpaired) electrons. The average Bonchev–Trinajstić information content (AvgIpc) is 2.98. The van der Waals surface area contributed by atoms with Gasteiger partial charge in [0.2, 0.25) is 0 Å². The second kappa shape index (κ2) is 4.07. The fourth-order valence-corrected chi connectivity index (χ4v) is 1.31. The summed E-state index contributed by atoms with van der Waals surface area (Å²) in [6, 6.07) is 6.68. The van der Waals surface area contributed by atoms with Gasteiger partial charge in [-0.05, 0) is 13.0 Å². The minimum absolute atomic E-state index is 0.208. The summed E-state index contributed by atoms with van der Waals surface area (Å²) in [6.07, 6.45) is 0.0182. The predicted octanol–water partition coefficient (Wildman–Crippen LogP) is 2.30. The predicted molar refractivity (Wildman–Crippen MR) is 50.5 cm³/mol. The third kappa shape index (κ3) is 2.30. The first kappa shape index (κ1) is 9.62. The highest BCUT2D eigenvalue weighted by molar-refractivity contribution is 5.19. The zero-order valence-corrected chi connectivity index (χ0v) is 8.07. The molecule has 1 heterocycles. The van der Waals surface area contributed by atoms with E-state index < -0.39 is 0 Å². The lowest BCUT2D eigenvalue weighted by molar-refractivity contribution is 0.0518. The van der Waals surface area contributed by atoms with Gasteiger partial charge in [-0.25, -0.2) is 4.39 Å². The van der Waals surface area contributed by atoms with Gasteiger partial charge in [0.25, 0.3) is 0 Å². The fraction of sp³-hybridized carbons (Fsp3) is 0.455. The molecule has 1 aromatic carbocycles. The van der Waals surface area contributed by atoms with Crippen molar-refractivity contribution in [3.63, 3.8) is 0 Å². The van der Waals surface area contributed by atoms with Crippen LogP contribution in [0.3, 0.4) is 0 Å². The number of halogens is 1. The van der Waals surface area contributed by atoms with Crippen molar-refractivity contribution in [2.45, 2.75) is 19.1 Å². The first-order valence-corrected chi connectivity index (χ1v) is 4.75. The summed E-state index contributed by atoms with van der Waals surface area (Å²) in [6.45, 7) is 3.17. The normalized spacial score (nSPS) is 22.0. The number of benzene rings is 1. The van der Waals surface area contributed by atoms with E-state index in [2.05, 4.69) is 0 Å². The van der Waals surface area contributed by atoms with Gasteiger partial charge < -0.3 is 9.47 Å². The Morgan fingerprint density at radius 2 is 2.29 bits per heavy atom. The van der Waals surface area contributed by atoms with E-state index in [1.54, 1.807) is 12.1 Å². The van der Waals surface area contributed by atoms with E-state index in [0.717, 1.165) is 6.61 Å². The number of ether oxygens (including phenoxy) is 2. The van der Waals surface area contributed by atoms with Crippen LogP contribution in [0, 0.1) is 5.82 Å². The molecule has 0 N–H and O–H groups in total. The van der Waals surface area contributed by atoms with Crippen LogP contribution >= 0.6 is 0 Å². The van der Waals surface area contributed by atoms with Crippen LogP contribution in [0.15, 0.2) is 24.3 Å². The number of hydrogen-bond acceptors (Lipinski definition) is 2. The highest BCUT2D eigenvalue weighted by Crippen LogP contribution is 2.21. The molecule has 1 saturated heterocycles. The van der Waals surface area contributed by atoms with Gasteiger partial charge in [-0.15, -0.1) is 0 Å². The zero-order valence-electron chi connectivity index (χ0n) is 8.07. The molecule has 0 amide bonds. The minimum Gasteiger partial charge on any atom is -0.371 e. The molecule has 0 saturated carbocycles. The molecule has 76 valence electrons. The molecule has 2 rings (SSSR count). The first-order chi connectivity index (χ1) is 6.77. The zero-order chi connectivity index (χ0) is 9.97. The van der Waals surface area contributed by atoms with Crippen molar-refractivity contribution in [1.82, 2.24) is 0 Å². The van der Waals surface area contributed by atoms with Crippen LogP contribution in [0.1, 0.15) is 18.6 Å². The summed E-state index contributed by atoms with van der Waals surface area (Å²) in [7, 11) is 0. The lowest BCUT2D eigenvalue weighted by Crippen LogP contribution is -2.07. The Bertz CT molecular complexity index is 310. The summed E-state index contributed by atoms with van der Waals surface area (Å²) in [5.74, 6) is -0.211. The van der Waals surface area contributed by atoms with Crippen molar-refractivity contribution < 1.29 is 13.9 Å². The molecule has 2 nitrogen and oxygen atoms in total. The molecule has 1 aliphatic rings. The third-order valence-corrected chi connectivity index (χ3v) is 2.28. The van der Waals surface area contributed by atoms with Crippen LogP contribution in [0.25, 0.3) is 0 Å². The molecule has 1 aromatic rings. The Hall–Kier alpha value is -0.930. The van der Waals surface area contributed by atoms with Crippen LogP contribution in [-0.2, 0) is 9.47 Å². The first-order valence-electron chi connectivity index (χ1n) is 4.75. The number of hydrogen-bond donors (Lipinski definition) is 0. The molecule has 2 atom stereocenters. The average molecular weight is 196 g/mol. The summed E-state index contributed by atoms with van der Waals surface area (Å²) in [5.41, 5.74) is 0.605. The molecule has 1 fully saturated rings. The topological polar surface area (TPSA) is 21.8 Å². The van der Waals surface area contributed by atoms with Gasteiger partial charge in [-0.1, -0.05) is 18.2 Å². The minimum atomic E-state index is -0.211. The van der Waals surface area contributed by atoms with Crippen LogP contribution in [-0.4, -0.2) is 19.3 Å². The smallest absolute Gasteiger partial charge is 0.128 e. The molecule has 0 aromatic heterocycles. The van der Waals surface area contributed by atoms with E-state index >= 15 is 0 Å². The van der Waals surface area contributed by atoms with Crippen LogP contribution in [0.4, 0.5) is 4.39 Å². The highest BCUT2D eigenvalue weighted by Gasteiger charge is 2.24. The SMILES string of the molecule is C[C@@H](OC[C@@H]1CO1)c1ccccc1F. The van der Waals surface area contributed by atoms with Crippen LogP contribution in [0.2, 0.25) is 0 Å². The molecule has 0 aliphatic carbocycles. The van der Waals surface area contributed by atoms with Crippen molar-refractivity contribution in [3.05, 3.63) is 35.6 Å². The summed E-state index contributed by atoms with van der Waals surface area (Å²) in [4.78, 5) is 0. The lowest BCUT2D eigenvalue weighted by atomic mass is 10.1. The maximum atomic E-state index is 13.3. The van der Waals surface area contributed by atoms with Crippen LogP contribution in [0.5, 0.6) is 0 Å². The second-order valence-corrected chi connectivity index (χ2v) is 3.45. The fourth-order valence-electron chi connectivity index (χ4n) is 1.31. The molecule has 1 aliphatic heterocycles. The molecule has 0 unspecified atom stereocenters. The van der Waals surface area contributed by atoms with E-state index in [1.807, 2.05) is 13.0 Å². The Labute approximate surface area is 82.6 Å². The van der Waals surface area contributed by atoms with Crippen molar-refractivity contribution in [1.29, 1.82) is 0 Å². The highest BCUT2D eigenvalue weighted by atomic mass is 19.1. The quantitative estimate of drug-likeness (QED) is 0.689. The van der Waals surface area contributed by atoms with E-state index in [0.29, 0.717) is 12.2 Å². The largest absolute Gasteiger partial charge is 0.371 e. The second-order valence-electron chi connectivity index (χ2n) is 3.45. The standard InChI is InChI=1S/C11H13FO2/c1-8(13-6-9-7-14-9)10-4-2-3-5-11(10)12/h2-5,8-9H,6-7H2,1H3/t8-,9-/m1/s1. The van der Waals surface area contributed by atoms with E-state index in [4.69, 9.17) is 9.47 Å². The van der Waals surface area contributed by atoms with Crippen molar-refractivity contribution in [3.8, 4) is 0 Å². The van der Waals surface area contributed by atoms with Gasteiger partial charge >= 0.3 is 0 Å². The molecule has 0 spiro atoms. The monoisotopic (exact) mass is 196 g/mol. The van der Waals surface area contributed by atoms with Crippen molar-refractivity contribution >= 4 is 0 Å². The van der Waals surface area contributed by atoms with Crippen LogP contribution < -0.4 is 0 Å². The van der Waals surface area contributed by atoms with Gasteiger partial charge in [0.1, 0.15) is 11.9 Å².